The SMILES string of the molecule is CCCCCC#Cc1ccc(-c2ccc(O)cc2)s1. The molecule has 0 aliphatic carbocycles. The van der Waals surface area contributed by atoms with Gasteiger partial charge < -0.3 is 5.11 Å². The van der Waals surface area contributed by atoms with Crippen LogP contribution in [0.1, 0.15) is 37.5 Å². The van der Waals surface area contributed by atoms with Gasteiger partial charge in [-0.3, -0.25) is 0 Å². The third-order valence-corrected chi connectivity index (χ3v) is 3.92. The fourth-order valence-electron chi connectivity index (χ4n) is 1.80. The summed E-state index contributed by atoms with van der Waals surface area (Å²) < 4.78 is 0. The normalized spacial score (nSPS) is 9.95. The van der Waals surface area contributed by atoms with Crippen molar-refractivity contribution in [3.63, 3.8) is 0 Å². The summed E-state index contributed by atoms with van der Waals surface area (Å²) in [5.74, 6) is 6.76. The van der Waals surface area contributed by atoms with Crippen molar-refractivity contribution in [1.82, 2.24) is 0 Å². The zero-order valence-electron chi connectivity index (χ0n) is 11.1. The van der Waals surface area contributed by atoms with E-state index in [2.05, 4.69) is 30.9 Å². The predicted octanol–water partition coefficient (Wildman–Crippen LogP) is 5.05. The molecule has 0 saturated carbocycles. The van der Waals surface area contributed by atoms with Gasteiger partial charge >= 0.3 is 0 Å². The Kier molecular flexibility index (Phi) is 5.06. The summed E-state index contributed by atoms with van der Waals surface area (Å²) in [4.78, 5) is 2.30. The number of aromatic hydroxyl groups is 1. The quantitative estimate of drug-likeness (QED) is 0.608. The van der Waals surface area contributed by atoms with Crippen LogP contribution in [0.3, 0.4) is 0 Å². The molecule has 1 aromatic heterocycles. The van der Waals surface area contributed by atoms with Crippen LogP contribution >= 0.6 is 11.3 Å². The molecule has 1 heterocycles. The number of benzene rings is 1. The lowest BCUT2D eigenvalue weighted by Crippen LogP contribution is -1.71. The molecule has 0 bridgehead atoms. The highest BCUT2D eigenvalue weighted by Crippen LogP contribution is 2.28. The number of hydrogen-bond acceptors (Lipinski definition) is 2. The third kappa shape index (κ3) is 4.15. The van der Waals surface area contributed by atoms with Gasteiger partial charge in [-0.25, -0.2) is 0 Å². The van der Waals surface area contributed by atoms with Gasteiger partial charge in [-0.2, -0.15) is 0 Å². The van der Waals surface area contributed by atoms with E-state index in [9.17, 15) is 5.11 Å². The van der Waals surface area contributed by atoms with Crippen LogP contribution in [0.15, 0.2) is 36.4 Å². The molecule has 0 saturated heterocycles. The first-order valence-corrected chi connectivity index (χ1v) is 7.49. The standard InChI is InChI=1S/C17H18OS/c1-2-3-4-5-6-7-16-12-13-17(19-16)14-8-10-15(18)11-9-14/h8-13,18H,2-5H2,1H3. The number of thiophene rings is 1. The maximum Gasteiger partial charge on any atom is 0.115 e. The van der Waals surface area contributed by atoms with E-state index in [1.807, 2.05) is 12.1 Å². The number of phenols is 1. The molecule has 19 heavy (non-hydrogen) atoms. The average molecular weight is 270 g/mol. The molecule has 2 heteroatoms. The zero-order chi connectivity index (χ0) is 13.5. The van der Waals surface area contributed by atoms with Crippen molar-refractivity contribution >= 4 is 11.3 Å². The Balaban J connectivity index is 2.00. The third-order valence-electron chi connectivity index (χ3n) is 2.87. The Morgan fingerprint density at radius 1 is 1.05 bits per heavy atom. The van der Waals surface area contributed by atoms with Gasteiger partial charge in [0.1, 0.15) is 5.75 Å². The van der Waals surface area contributed by atoms with Gasteiger partial charge in [0.25, 0.3) is 0 Å². The van der Waals surface area contributed by atoms with Crippen molar-refractivity contribution in [3.8, 4) is 28.0 Å². The van der Waals surface area contributed by atoms with Crippen LogP contribution in [0.25, 0.3) is 10.4 Å². The van der Waals surface area contributed by atoms with Gasteiger partial charge in [-0.15, -0.1) is 11.3 Å². The Morgan fingerprint density at radius 3 is 2.58 bits per heavy atom. The molecule has 0 aliphatic heterocycles. The monoisotopic (exact) mass is 270 g/mol. The maximum atomic E-state index is 9.28. The molecule has 2 rings (SSSR count). The zero-order valence-corrected chi connectivity index (χ0v) is 12.0. The molecule has 2 aromatic rings. The largest absolute Gasteiger partial charge is 0.508 e. The van der Waals surface area contributed by atoms with Gasteiger partial charge in [0.05, 0.1) is 4.88 Å². The van der Waals surface area contributed by atoms with E-state index in [1.165, 1.54) is 24.1 Å². The van der Waals surface area contributed by atoms with Crippen LogP contribution in [0.2, 0.25) is 0 Å². The van der Waals surface area contributed by atoms with E-state index < -0.39 is 0 Å². The van der Waals surface area contributed by atoms with Gasteiger partial charge in [0.2, 0.25) is 0 Å². The molecule has 0 spiro atoms. The predicted molar refractivity (Wildman–Crippen MR) is 82.4 cm³/mol. The van der Waals surface area contributed by atoms with Crippen molar-refractivity contribution in [2.45, 2.75) is 32.6 Å². The molecular weight excluding hydrogens is 252 g/mol. The fourth-order valence-corrected chi connectivity index (χ4v) is 2.69. The van der Waals surface area contributed by atoms with E-state index in [0.717, 1.165) is 16.9 Å². The molecule has 0 unspecified atom stereocenters. The Hall–Kier alpha value is -1.72. The highest BCUT2D eigenvalue weighted by atomic mass is 32.1. The van der Waals surface area contributed by atoms with E-state index >= 15 is 0 Å². The minimum Gasteiger partial charge on any atom is -0.508 e. The molecule has 0 amide bonds. The summed E-state index contributed by atoms with van der Waals surface area (Å²) in [5.41, 5.74) is 1.13. The fraction of sp³-hybridized carbons (Fsp3) is 0.294. The lowest BCUT2D eigenvalue weighted by Gasteiger charge is -1.96. The smallest absolute Gasteiger partial charge is 0.115 e. The number of phenolic OH excluding ortho intramolecular Hbond substituents is 1. The average Bonchev–Trinajstić information content (AvgIpc) is 2.88. The van der Waals surface area contributed by atoms with Crippen LogP contribution in [-0.4, -0.2) is 5.11 Å². The van der Waals surface area contributed by atoms with Crippen LogP contribution in [0, 0.1) is 11.8 Å². The second-order valence-electron chi connectivity index (χ2n) is 4.47. The minimum absolute atomic E-state index is 0.302. The molecule has 1 N–H and O–H groups in total. The van der Waals surface area contributed by atoms with E-state index in [1.54, 1.807) is 23.5 Å². The summed E-state index contributed by atoms with van der Waals surface area (Å²) in [7, 11) is 0. The van der Waals surface area contributed by atoms with Gasteiger partial charge in [0.15, 0.2) is 0 Å². The summed E-state index contributed by atoms with van der Waals surface area (Å²) in [6.45, 7) is 2.20. The first-order valence-electron chi connectivity index (χ1n) is 6.67. The minimum atomic E-state index is 0.302. The lowest BCUT2D eigenvalue weighted by atomic mass is 10.2. The van der Waals surface area contributed by atoms with Crippen molar-refractivity contribution < 1.29 is 5.11 Å². The Labute approximate surface area is 118 Å². The Morgan fingerprint density at radius 2 is 1.84 bits per heavy atom. The Bertz CT molecular complexity index is 569. The van der Waals surface area contributed by atoms with E-state index in [-0.39, 0.29) is 0 Å². The lowest BCUT2D eigenvalue weighted by molar-refractivity contribution is 0.475. The molecular formula is C17H18OS. The van der Waals surface area contributed by atoms with E-state index in [4.69, 9.17) is 0 Å². The van der Waals surface area contributed by atoms with Crippen molar-refractivity contribution in [1.29, 1.82) is 0 Å². The van der Waals surface area contributed by atoms with Gasteiger partial charge in [-0.1, -0.05) is 31.6 Å². The highest BCUT2D eigenvalue weighted by Gasteiger charge is 2.01. The van der Waals surface area contributed by atoms with Gasteiger partial charge in [-0.05, 0) is 48.4 Å². The highest BCUT2D eigenvalue weighted by molar-refractivity contribution is 7.16. The molecule has 0 radical (unpaired) electrons. The second kappa shape index (κ2) is 7.01. The summed E-state index contributed by atoms with van der Waals surface area (Å²) in [5, 5.41) is 9.28. The van der Waals surface area contributed by atoms with Crippen LogP contribution in [0.5, 0.6) is 5.75 Å². The molecule has 0 fully saturated rings. The summed E-state index contributed by atoms with van der Waals surface area (Å²) >= 11 is 1.70. The summed E-state index contributed by atoms with van der Waals surface area (Å²) in [6.07, 6.45) is 4.68. The number of hydrogen-bond donors (Lipinski definition) is 1. The van der Waals surface area contributed by atoms with E-state index in [0.29, 0.717) is 5.75 Å². The first-order chi connectivity index (χ1) is 9.29. The van der Waals surface area contributed by atoms with Crippen LogP contribution in [-0.2, 0) is 0 Å². The van der Waals surface area contributed by atoms with Crippen molar-refractivity contribution in [3.05, 3.63) is 41.3 Å². The van der Waals surface area contributed by atoms with Crippen molar-refractivity contribution in [2.75, 3.05) is 0 Å². The molecule has 1 nitrogen and oxygen atoms in total. The molecule has 98 valence electrons. The number of rotatable bonds is 4. The van der Waals surface area contributed by atoms with Gasteiger partial charge in [0, 0.05) is 11.3 Å². The second-order valence-corrected chi connectivity index (χ2v) is 5.55. The molecule has 0 atom stereocenters. The first kappa shape index (κ1) is 13.7. The molecule has 0 aliphatic rings. The van der Waals surface area contributed by atoms with Crippen LogP contribution < -0.4 is 0 Å². The van der Waals surface area contributed by atoms with Crippen molar-refractivity contribution in [2.24, 2.45) is 0 Å². The summed E-state index contributed by atoms with van der Waals surface area (Å²) in [6, 6.07) is 11.4. The molecule has 1 aromatic carbocycles. The topological polar surface area (TPSA) is 20.2 Å². The maximum absolute atomic E-state index is 9.28. The number of unbranched alkanes of at least 4 members (excludes halogenated alkanes) is 3. The van der Waals surface area contributed by atoms with Crippen LogP contribution in [0.4, 0.5) is 0 Å².